The Morgan fingerprint density at radius 1 is 0.872 bits per heavy atom. The van der Waals surface area contributed by atoms with Crippen molar-refractivity contribution in [1.82, 2.24) is 24.9 Å². The number of urea groups is 1. The van der Waals surface area contributed by atoms with Gasteiger partial charge in [-0.05, 0) is 48.9 Å². The molecule has 3 aromatic carbocycles. The molecule has 0 aliphatic carbocycles. The highest BCUT2D eigenvalue weighted by molar-refractivity contribution is 6.06. The van der Waals surface area contributed by atoms with E-state index in [1.54, 1.807) is 4.68 Å². The molecule has 2 aliphatic heterocycles. The van der Waals surface area contributed by atoms with Crippen molar-refractivity contribution < 1.29 is 14.3 Å². The van der Waals surface area contributed by atoms with E-state index >= 15 is 0 Å². The largest absolute Gasteiger partial charge is 0.379 e. The van der Waals surface area contributed by atoms with Crippen LogP contribution in [0.5, 0.6) is 0 Å². The average Bonchev–Trinajstić information content (AvgIpc) is 3.49. The van der Waals surface area contributed by atoms with E-state index in [4.69, 9.17) is 9.84 Å². The van der Waals surface area contributed by atoms with Gasteiger partial charge in [-0.1, -0.05) is 63.2 Å². The van der Waals surface area contributed by atoms with Crippen LogP contribution in [0.15, 0.2) is 66.7 Å². The summed E-state index contributed by atoms with van der Waals surface area (Å²) in [6.07, 6.45) is 1.86. The second-order valence-electron chi connectivity index (χ2n) is 13.7. The topological polar surface area (TPSA) is 104 Å². The predicted octanol–water partition coefficient (Wildman–Crippen LogP) is 5.80. The number of nitrogens with one attached hydrogen (secondary N) is 3. The Morgan fingerprint density at radius 3 is 2.32 bits per heavy atom. The summed E-state index contributed by atoms with van der Waals surface area (Å²) in [5.41, 5.74) is 3.49. The molecule has 1 aromatic heterocycles. The van der Waals surface area contributed by atoms with E-state index in [0.29, 0.717) is 17.1 Å². The van der Waals surface area contributed by atoms with Gasteiger partial charge in [0.15, 0.2) is 0 Å². The first kappa shape index (κ1) is 32.7. The molecule has 0 unspecified atom stereocenters. The summed E-state index contributed by atoms with van der Waals surface area (Å²) >= 11 is 0. The lowest BCUT2D eigenvalue weighted by atomic mass is 9.92. The van der Waals surface area contributed by atoms with Crippen molar-refractivity contribution >= 4 is 34.2 Å². The van der Waals surface area contributed by atoms with Crippen LogP contribution in [-0.4, -0.2) is 90.0 Å². The molecule has 6 rings (SSSR count). The Balaban J connectivity index is 1.14. The number of amides is 3. The quantitative estimate of drug-likeness (QED) is 0.226. The third kappa shape index (κ3) is 8.01. The number of carbonyl (C=O) groups excluding carboxylic acids is 2. The Hall–Kier alpha value is -4.25. The number of piperidine rings is 1. The molecule has 0 radical (unpaired) electrons. The van der Waals surface area contributed by atoms with Crippen LogP contribution in [0.3, 0.4) is 0 Å². The molecule has 0 saturated carbocycles. The van der Waals surface area contributed by atoms with Crippen LogP contribution in [0.2, 0.25) is 0 Å². The molecule has 0 spiro atoms. The molecule has 47 heavy (non-hydrogen) atoms. The zero-order valence-corrected chi connectivity index (χ0v) is 28.0. The Kier molecular flexibility index (Phi) is 9.91. The minimum absolute atomic E-state index is 0.0810. The molecule has 4 aromatic rings. The number of carbonyl (C=O) groups is 2. The second-order valence-corrected chi connectivity index (χ2v) is 13.7. The number of fused-ring (bicyclic) bond motifs is 1. The third-order valence-electron chi connectivity index (χ3n) is 9.23. The summed E-state index contributed by atoms with van der Waals surface area (Å²) in [7, 11) is 0. The van der Waals surface area contributed by atoms with E-state index < -0.39 is 0 Å². The summed E-state index contributed by atoms with van der Waals surface area (Å²) in [6, 6.07) is 21.2. The van der Waals surface area contributed by atoms with Gasteiger partial charge in [-0.25, -0.2) is 9.48 Å². The first-order valence-corrected chi connectivity index (χ1v) is 16.7. The van der Waals surface area contributed by atoms with Crippen molar-refractivity contribution in [2.24, 2.45) is 0 Å². The fraction of sp³-hybridized carbons (Fsp3) is 0.432. The molecule has 248 valence electrons. The Labute approximate surface area is 277 Å². The SMILES string of the molecule is Cc1ccc(-n2nc(C(C)(C)C)cc2NC(=O)Nc2cccc3ccccc23)cc1C(=O)NC1CCN(CCN2CCOCC2)CC1. The fourth-order valence-electron chi connectivity index (χ4n) is 6.30. The number of rotatable bonds is 8. The number of aromatic nitrogens is 2. The maximum atomic E-state index is 13.6. The number of ether oxygens (including phenoxy) is 1. The monoisotopic (exact) mass is 637 g/mol. The molecule has 10 heteroatoms. The number of aryl methyl sites for hydroxylation is 1. The summed E-state index contributed by atoms with van der Waals surface area (Å²) in [6.45, 7) is 16.0. The minimum Gasteiger partial charge on any atom is -0.379 e. The minimum atomic E-state index is -0.371. The van der Waals surface area contributed by atoms with E-state index in [1.807, 2.05) is 73.7 Å². The van der Waals surface area contributed by atoms with Crippen LogP contribution >= 0.6 is 0 Å². The molecule has 0 atom stereocenters. The van der Waals surface area contributed by atoms with Gasteiger partial charge in [-0.15, -0.1) is 0 Å². The summed E-state index contributed by atoms with van der Waals surface area (Å²) in [5, 5.41) is 16.2. The molecule has 0 bridgehead atoms. The first-order chi connectivity index (χ1) is 22.6. The normalized spacial score (nSPS) is 16.7. The standard InChI is InChI=1S/C37H47N7O3/c1-26-12-13-29(24-31(26)35(45)38-28-14-16-42(17-15-28)18-19-43-20-22-47-23-21-43)44-34(25-33(41-44)37(2,3)4)40-36(46)39-32-11-7-9-27-8-5-6-10-30(27)32/h5-13,24-25,28H,14-23H2,1-4H3,(H,38,45)(H2,39,40,46). The van der Waals surface area contributed by atoms with Crippen LogP contribution < -0.4 is 16.0 Å². The summed E-state index contributed by atoms with van der Waals surface area (Å²) < 4.78 is 7.18. The first-order valence-electron chi connectivity index (χ1n) is 16.7. The lowest BCUT2D eigenvalue weighted by molar-refractivity contribution is 0.0319. The molecule has 2 fully saturated rings. The van der Waals surface area contributed by atoms with Crippen molar-refractivity contribution in [3.8, 4) is 5.69 Å². The highest BCUT2D eigenvalue weighted by Gasteiger charge is 2.25. The third-order valence-corrected chi connectivity index (χ3v) is 9.23. The summed E-state index contributed by atoms with van der Waals surface area (Å²) in [5.74, 6) is 0.440. The number of anilines is 2. The zero-order valence-electron chi connectivity index (χ0n) is 28.0. The zero-order chi connectivity index (χ0) is 33.0. The second kappa shape index (κ2) is 14.3. The van der Waals surface area contributed by atoms with Crippen LogP contribution in [0, 0.1) is 6.92 Å². The lowest BCUT2D eigenvalue weighted by Gasteiger charge is -2.34. The van der Waals surface area contributed by atoms with E-state index in [0.717, 1.165) is 93.0 Å². The van der Waals surface area contributed by atoms with Crippen molar-refractivity contribution in [2.75, 3.05) is 63.1 Å². The van der Waals surface area contributed by atoms with Gasteiger partial charge in [-0.2, -0.15) is 5.10 Å². The number of nitrogens with zero attached hydrogens (tertiary/aromatic N) is 4. The molecular formula is C37H47N7O3. The van der Waals surface area contributed by atoms with Gasteiger partial charge in [0.25, 0.3) is 5.91 Å². The van der Waals surface area contributed by atoms with Gasteiger partial charge in [0.1, 0.15) is 5.82 Å². The lowest BCUT2D eigenvalue weighted by Crippen LogP contribution is -2.47. The smallest absolute Gasteiger partial charge is 0.324 e. The maximum absolute atomic E-state index is 13.6. The van der Waals surface area contributed by atoms with E-state index in [1.165, 1.54) is 0 Å². The van der Waals surface area contributed by atoms with E-state index in [-0.39, 0.29) is 23.4 Å². The molecule has 3 amide bonds. The van der Waals surface area contributed by atoms with Crippen LogP contribution in [0.1, 0.15) is 55.2 Å². The molecule has 2 saturated heterocycles. The van der Waals surface area contributed by atoms with E-state index in [9.17, 15) is 9.59 Å². The number of hydrogen-bond donors (Lipinski definition) is 3. The Bertz CT molecular complexity index is 1710. The Morgan fingerprint density at radius 2 is 1.57 bits per heavy atom. The molecule has 3 N–H and O–H groups in total. The van der Waals surface area contributed by atoms with Gasteiger partial charge in [0.05, 0.1) is 30.3 Å². The van der Waals surface area contributed by atoms with Crippen molar-refractivity contribution in [3.05, 3.63) is 83.6 Å². The number of morpholine rings is 1. The molecule has 2 aliphatic rings. The van der Waals surface area contributed by atoms with Crippen LogP contribution in [-0.2, 0) is 10.2 Å². The van der Waals surface area contributed by atoms with Gasteiger partial charge in [0.2, 0.25) is 0 Å². The van der Waals surface area contributed by atoms with Crippen molar-refractivity contribution in [1.29, 1.82) is 0 Å². The summed E-state index contributed by atoms with van der Waals surface area (Å²) in [4.78, 5) is 31.9. The average molecular weight is 638 g/mol. The molecule has 3 heterocycles. The predicted molar refractivity (Wildman–Crippen MR) is 188 cm³/mol. The maximum Gasteiger partial charge on any atom is 0.324 e. The number of hydrogen-bond acceptors (Lipinski definition) is 6. The van der Waals surface area contributed by atoms with Crippen LogP contribution in [0.4, 0.5) is 16.3 Å². The van der Waals surface area contributed by atoms with Gasteiger partial charge in [0, 0.05) is 67.7 Å². The highest BCUT2D eigenvalue weighted by atomic mass is 16.5. The van der Waals surface area contributed by atoms with Crippen molar-refractivity contribution in [2.45, 2.75) is 52.0 Å². The van der Waals surface area contributed by atoms with Gasteiger partial charge < -0.3 is 20.3 Å². The van der Waals surface area contributed by atoms with Gasteiger partial charge in [-0.3, -0.25) is 15.0 Å². The van der Waals surface area contributed by atoms with E-state index in [2.05, 4.69) is 46.5 Å². The number of benzene rings is 3. The van der Waals surface area contributed by atoms with Crippen LogP contribution in [0.25, 0.3) is 16.5 Å². The fourth-order valence-corrected chi connectivity index (χ4v) is 6.30. The highest BCUT2D eigenvalue weighted by Crippen LogP contribution is 2.28. The molecular weight excluding hydrogens is 590 g/mol. The molecule has 10 nitrogen and oxygen atoms in total. The van der Waals surface area contributed by atoms with Crippen molar-refractivity contribution in [3.63, 3.8) is 0 Å². The number of likely N-dealkylation sites (tertiary alicyclic amines) is 1. The van der Waals surface area contributed by atoms with Gasteiger partial charge >= 0.3 is 6.03 Å².